The summed E-state index contributed by atoms with van der Waals surface area (Å²) < 4.78 is 102. The molecule has 424 valence electrons. The average Bonchev–Trinajstić information content (AvgIpc) is 3.92. The van der Waals surface area contributed by atoms with Crippen molar-refractivity contribution in [2.45, 2.75) is 286 Å². The quantitative estimate of drug-likeness (QED) is 0.207. The van der Waals surface area contributed by atoms with E-state index in [0.29, 0.717) is 43.8 Å². The van der Waals surface area contributed by atoms with Crippen LogP contribution in [0.2, 0.25) is 0 Å². The first-order valence-corrected chi connectivity index (χ1v) is 28.2. The summed E-state index contributed by atoms with van der Waals surface area (Å²) in [7, 11) is 6.53. The molecule has 29 unspecified atom stereocenters. The number of hydrogen-bond acceptors (Lipinski definition) is 19. The van der Waals surface area contributed by atoms with Crippen molar-refractivity contribution in [2.24, 2.45) is 28.6 Å². The van der Waals surface area contributed by atoms with Crippen LogP contribution in [0.5, 0.6) is 0 Å². The Morgan fingerprint density at radius 1 is 0.500 bits per heavy atom. The lowest BCUT2D eigenvalue weighted by atomic mass is 9.52. The lowest BCUT2D eigenvalue weighted by Gasteiger charge is -2.57. The molecule has 3 aliphatic carbocycles. The lowest BCUT2D eigenvalue weighted by Crippen LogP contribution is -2.58. The average molecular weight is 1060 g/mol. The number of aliphatic hydroxyl groups is 2. The van der Waals surface area contributed by atoms with Crippen LogP contribution in [0.15, 0.2) is 0 Å². The van der Waals surface area contributed by atoms with Crippen LogP contribution >= 0.6 is 0 Å². The summed E-state index contributed by atoms with van der Waals surface area (Å²) in [5.41, 5.74) is -0.446. The van der Waals surface area contributed by atoms with Crippen LogP contribution in [0.25, 0.3) is 0 Å². The number of fused-ring (bicyclic) bond motifs is 5. The van der Waals surface area contributed by atoms with Crippen LogP contribution in [0.4, 0.5) is 0 Å². The number of carbonyl (C=O) groups is 1. The molecule has 0 aromatic carbocycles. The van der Waals surface area contributed by atoms with E-state index in [4.69, 9.17) is 75.8 Å². The van der Waals surface area contributed by atoms with Gasteiger partial charge in [-0.1, -0.05) is 6.92 Å². The second-order valence-electron chi connectivity index (χ2n) is 24.2. The zero-order chi connectivity index (χ0) is 52.6. The third-order valence-corrected chi connectivity index (χ3v) is 20.1. The monoisotopic (exact) mass is 1050 g/mol. The highest BCUT2D eigenvalue weighted by molar-refractivity contribution is 5.88. The number of ether oxygens (including phenoxy) is 16. The highest BCUT2D eigenvalue weighted by Crippen LogP contribution is 2.67. The molecule has 0 radical (unpaired) electrons. The molecule has 7 aliphatic heterocycles. The van der Waals surface area contributed by atoms with Gasteiger partial charge in [0.1, 0.15) is 36.3 Å². The maximum absolute atomic E-state index is 13.4. The Balaban J connectivity index is 0.681. The van der Waals surface area contributed by atoms with Gasteiger partial charge in [-0.05, 0) is 98.3 Å². The molecular formula is C55H90O19. The lowest BCUT2D eigenvalue weighted by molar-refractivity contribution is -0.351. The van der Waals surface area contributed by atoms with Crippen LogP contribution in [0.1, 0.15) is 139 Å². The van der Waals surface area contributed by atoms with Crippen molar-refractivity contribution >= 4 is 5.78 Å². The number of Topliss-reactive ketones (excluding diaryl/α,β-unsaturated/α-hetero) is 1. The zero-order valence-corrected chi connectivity index (χ0v) is 46.0. The minimum Gasteiger partial charge on any atom is -0.390 e. The number of hydrogen-bond donors (Lipinski definition) is 2. The first kappa shape index (κ1) is 56.2. The Hall–Kier alpha value is -1.05. The number of aliphatic hydroxyl groups excluding tert-OH is 2. The van der Waals surface area contributed by atoms with Gasteiger partial charge >= 0.3 is 0 Å². The van der Waals surface area contributed by atoms with E-state index in [0.717, 1.165) is 44.9 Å². The second kappa shape index (κ2) is 22.5. The van der Waals surface area contributed by atoms with Gasteiger partial charge in [-0.3, -0.25) is 4.79 Å². The standard InChI is InChI=1S/C55H90O19/c1-26-34-13-14-41(57)54(34,8)42-25-40-53(7)17-16-33(19-32(53)15-18-55(40,73-26)74-42)68-44-22-37(60-10)50(29(4)65-44)70-43-20-35(56)49(28(3)64-43)69-46-23-38(61-11)52(30(5)66-46)72-47-24-39(62-12)51(31(6)67-47)71-45-21-36(59-9)48(58)27(2)63-45/h26-40,42-52,56,58H,13-25H2,1-12H3. The predicted molar refractivity (Wildman–Crippen MR) is 261 cm³/mol. The normalized spacial score (nSPS) is 54.8. The van der Waals surface area contributed by atoms with E-state index < -0.39 is 116 Å². The number of rotatable bonds is 14. The molecule has 29 atom stereocenters. The summed E-state index contributed by atoms with van der Waals surface area (Å²) in [5.74, 6) is 0.639. The van der Waals surface area contributed by atoms with Crippen molar-refractivity contribution in [3.8, 4) is 0 Å². The first-order chi connectivity index (χ1) is 35.3. The molecule has 19 heteroatoms. The second-order valence-corrected chi connectivity index (χ2v) is 24.2. The third kappa shape index (κ3) is 10.5. The van der Waals surface area contributed by atoms with Gasteiger partial charge in [0, 0.05) is 85.2 Å². The van der Waals surface area contributed by atoms with Gasteiger partial charge in [0.15, 0.2) is 37.2 Å². The Kier molecular flexibility index (Phi) is 17.1. The van der Waals surface area contributed by atoms with Crippen molar-refractivity contribution in [1.82, 2.24) is 0 Å². The smallest absolute Gasteiger partial charge is 0.172 e. The zero-order valence-electron chi connectivity index (χ0n) is 46.0. The minimum atomic E-state index is -0.910. The van der Waals surface area contributed by atoms with Gasteiger partial charge in [-0.15, -0.1) is 0 Å². The molecule has 10 aliphatic rings. The topological polar surface area (TPSA) is 205 Å². The van der Waals surface area contributed by atoms with Crippen molar-refractivity contribution in [3.05, 3.63) is 0 Å². The summed E-state index contributed by atoms with van der Waals surface area (Å²) in [6.45, 7) is 16.2. The number of methoxy groups -OCH3 is 4. The highest BCUT2D eigenvalue weighted by Gasteiger charge is 2.70. The van der Waals surface area contributed by atoms with Gasteiger partial charge in [-0.2, -0.15) is 0 Å². The van der Waals surface area contributed by atoms with E-state index in [-0.39, 0.29) is 60.3 Å². The van der Waals surface area contributed by atoms with Crippen molar-refractivity contribution in [3.63, 3.8) is 0 Å². The van der Waals surface area contributed by atoms with E-state index in [2.05, 4.69) is 20.8 Å². The third-order valence-electron chi connectivity index (χ3n) is 20.1. The fraction of sp³-hybridized carbons (Fsp3) is 0.982. The minimum absolute atomic E-state index is 0.00484. The molecule has 3 saturated carbocycles. The Labute approximate surface area is 438 Å². The SMILES string of the molecule is COC1CC(OC2C(C)OC(OC3C(C)OC(OC4C(O)CC(OC5C(C)OC(OC6CCC7(C)C(CCC89OC(C)C%10CCC(=O)C%10(C)C(CC87)O9)C6)CC5OC)OC4C)CC3OC)CC2OC)OC(C)C1O. The van der Waals surface area contributed by atoms with E-state index >= 15 is 0 Å². The predicted octanol–water partition coefficient (Wildman–Crippen LogP) is 5.47. The Morgan fingerprint density at radius 2 is 0.973 bits per heavy atom. The van der Waals surface area contributed by atoms with E-state index in [1.165, 1.54) is 0 Å². The van der Waals surface area contributed by atoms with Crippen LogP contribution in [-0.4, -0.2) is 192 Å². The summed E-state index contributed by atoms with van der Waals surface area (Å²) >= 11 is 0. The fourth-order valence-electron chi connectivity index (χ4n) is 15.8. The summed E-state index contributed by atoms with van der Waals surface area (Å²) in [6.07, 6.45) is -1.78. The van der Waals surface area contributed by atoms with E-state index in [1.54, 1.807) is 35.4 Å². The van der Waals surface area contributed by atoms with Crippen LogP contribution < -0.4 is 0 Å². The molecule has 7 heterocycles. The molecule has 7 saturated heterocycles. The van der Waals surface area contributed by atoms with E-state index in [9.17, 15) is 15.0 Å². The molecule has 1 spiro atoms. The summed E-state index contributed by atoms with van der Waals surface area (Å²) in [4.78, 5) is 13.4. The molecule has 2 N–H and O–H groups in total. The fourth-order valence-corrected chi connectivity index (χ4v) is 15.8. The number of carbonyl (C=O) groups excluding carboxylic acids is 1. The first-order valence-electron chi connectivity index (χ1n) is 28.2. The Morgan fingerprint density at radius 3 is 1.50 bits per heavy atom. The van der Waals surface area contributed by atoms with E-state index in [1.807, 2.05) is 27.7 Å². The van der Waals surface area contributed by atoms with Crippen molar-refractivity contribution < 1.29 is 90.8 Å². The molecular weight excluding hydrogens is 965 g/mol. The molecule has 10 rings (SSSR count). The molecule has 10 fully saturated rings. The van der Waals surface area contributed by atoms with Gasteiger partial charge in [0.2, 0.25) is 0 Å². The molecule has 2 bridgehead atoms. The van der Waals surface area contributed by atoms with Gasteiger partial charge in [-0.25, -0.2) is 0 Å². The van der Waals surface area contributed by atoms with Gasteiger partial charge in [0.05, 0.1) is 84.8 Å². The van der Waals surface area contributed by atoms with Gasteiger partial charge in [0.25, 0.3) is 0 Å². The largest absolute Gasteiger partial charge is 0.390 e. The summed E-state index contributed by atoms with van der Waals surface area (Å²) in [5, 5.41) is 22.0. The molecule has 0 amide bonds. The van der Waals surface area contributed by atoms with Crippen LogP contribution in [-0.2, 0) is 80.6 Å². The molecule has 0 aromatic rings. The highest BCUT2D eigenvalue weighted by atomic mass is 16.8. The van der Waals surface area contributed by atoms with Crippen LogP contribution in [0, 0.1) is 28.6 Å². The Bertz CT molecular complexity index is 1890. The van der Waals surface area contributed by atoms with Gasteiger partial charge < -0.3 is 86.0 Å². The van der Waals surface area contributed by atoms with Crippen molar-refractivity contribution in [2.75, 3.05) is 28.4 Å². The molecule has 19 nitrogen and oxygen atoms in total. The maximum atomic E-state index is 13.4. The van der Waals surface area contributed by atoms with Crippen LogP contribution in [0.3, 0.4) is 0 Å². The molecule has 0 aromatic heterocycles. The maximum Gasteiger partial charge on any atom is 0.172 e. The number of ketones is 1. The summed E-state index contributed by atoms with van der Waals surface area (Å²) in [6, 6.07) is 0. The molecule has 74 heavy (non-hydrogen) atoms. The van der Waals surface area contributed by atoms with Crippen molar-refractivity contribution in [1.29, 1.82) is 0 Å².